The van der Waals surface area contributed by atoms with Crippen LogP contribution in [-0.2, 0) is 9.59 Å². The quantitative estimate of drug-likeness (QED) is 0.419. The van der Waals surface area contributed by atoms with E-state index in [1.165, 1.54) is 0 Å². The molecule has 0 aliphatic heterocycles. The molecule has 0 unspecified atom stereocenters. The molecule has 0 radical (unpaired) electrons. The van der Waals surface area contributed by atoms with Gasteiger partial charge in [0.05, 0.1) is 6.42 Å². The molecule has 2 nitrogen and oxygen atoms in total. The van der Waals surface area contributed by atoms with Crippen molar-refractivity contribution in [2.24, 2.45) is 11.3 Å². The third kappa shape index (κ3) is 1.25. The van der Waals surface area contributed by atoms with Crippen LogP contribution in [0.1, 0.15) is 32.6 Å². The second kappa shape index (κ2) is 2.79. The van der Waals surface area contributed by atoms with Gasteiger partial charge in [-0.1, -0.05) is 19.1 Å². The Balaban J connectivity index is 2.31. The molecule has 0 aromatic rings. The third-order valence-corrected chi connectivity index (χ3v) is 3.50. The topological polar surface area (TPSA) is 34.1 Å². The van der Waals surface area contributed by atoms with E-state index in [1.807, 2.05) is 6.92 Å². The molecular formula is C11H14O2. The summed E-state index contributed by atoms with van der Waals surface area (Å²) in [7, 11) is 0. The monoisotopic (exact) mass is 178 g/mol. The van der Waals surface area contributed by atoms with E-state index in [4.69, 9.17) is 0 Å². The van der Waals surface area contributed by atoms with E-state index in [0.717, 1.165) is 12.8 Å². The fraction of sp³-hybridized carbons (Fsp3) is 0.636. The van der Waals surface area contributed by atoms with Gasteiger partial charge in [0.15, 0.2) is 0 Å². The van der Waals surface area contributed by atoms with Crippen molar-refractivity contribution in [2.45, 2.75) is 32.6 Å². The highest BCUT2D eigenvalue weighted by molar-refractivity contribution is 6.04. The number of carbonyl (C=O) groups is 2. The third-order valence-electron chi connectivity index (χ3n) is 3.50. The van der Waals surface area contributed by atoms with Crippen molar-refractivity contribution < 1.29 is 9.59 Å². The Hall–Kier alpha value is -0.920. The van der Waals surface area contributed by atoms with Gasteiger partial charge in [0, 0.05) is 11.8 Å². The molecule has 0 heterocycles. The molecule has 2 atom stereocenters. The van der Waals surface area contributed by atoms with Gasteiger partial charge in [-0.25, -0.2) is 0 Å². The highest BCUT2D eigenvalue weighted by Crippen LogP contribution is 2.44. The summed E-state index contributed by atoms with van der Waals surface area (Å²) in [6, 6.07) is 0. The normalized spacial score (nSPS) is 39.0. The molecule has 2 heteroatoms. The Labute approximate surface area is 78.0 Å². The fourth-order valence-electron chi connectivity index (χ4n) is 2.39. The first-order chi connectivity index (χ1) is 6.13. The number of hydrogen-bond donors (Lipinski definition) is 0. The zero-order valence-corrected chi connectivity index (χ0v) is 7.88. The lowest BCUT2D eigenvalue weighted by atomic mass is 9.61. The van der Waals surface area contributed by atoms with Crippen molar-refractivity contribution in [1.82, 2.24) is 0 Å². The molecule has 0 aromatic heterocycles. The summed E-state index contributed by atoms with van der Waals surface area (Å²) in [5.74, 6) is 0.548. The average molecular weight is 178 g/mol. The van der Waals surface area contributed by atoms with Crippen molar-refractivity contribution >= 4 is 11.6 Å². The number of fused-ring (bicyclic) bond motifs is 1. The number of allylic oxidation sites excluding steroid dienone is 2. The van der Waals surface area contributed by atoms with Crippen molar-refractivity contribution in [1.29, 1.82) is 0 Å². The molecule has 2 aliphatic carbocycles. The first kappa shape index (κ1) is 8.67. The molecule has 2 aliphatic rings. The molecule has 1 fully saturated rings. The second-order valence-electron chi connectivity index (χ2n) is 4.37. The van der Waals surface area contributed by atoms with Gasteiger partial charge in [0.2, 0.25) is 0 Å². The minimum Gasteiger partial charge on any atom is -0.299 e. The van der Waals surface area contributed by atoms with Crippen molar-refractivity contribution in [3.8, 4) is 0 Å². The molecule has 0 spiro atoms. The first-order valence-corrected chi connectivity index (χ1v) is 4.83. The lowest BCUT2D eigenvalue weighted by Crippen LogP contribution is -2.43. The van der Waals surface area contributed by atoms with Gasteiger partial charge in [-0.3, -0.25) is 9.59 Å². The van der Waals surface area contributed by atoms with Crippen LogP contribution in [0.2, 0.25) is 0 Å². The number of Topliss-reactive ketones (excluding diaryl/α,β-unsaturated/α-hetero) is 2. The van der Waals surface area contributed by atoms with E-state index in [-0.39, 0.29) is 29.3 Å². The van der Waals surface area contributed by atoms with Gasteiger partial charge in [0.25, 0.3) is 0 Å². The van der Waals surface area contributed by atoms with Crippen LogP contribution >= 0.6 is 0 Å². The lowest BCUT2D eigenvalue weighted by Gasteiger charge is -2.40. The van der Waals surface area contributed by atoms with Gasteiger partial charge in [-0.15, -0.1) is 0 Å². The van der Waals surface area contributed by atoms with Crippen LogP contribution < -0.4 is 0 Å². The summed E-state index contributed by atoms with van der Waals surface area (Å²) in [5, 5.41) is 0. The van der Waals surface area contributed by atoms with Crippen molar-refractivity contribution in [2.75, 3.05) is 0 Å². The van der Waals surface area contributed by atoms with Crippen LogP contribution in [0.5, 0.6) is 0 Å². The minimum absolute atomic E-state index is 0.128. The molecule has 0 amide bonds. The first-order valence-electron chi connectivity index (χ1n) is 4.83. The van der Waals surface area contributed by atoms with Crippen molar-refractivity contribution in [3.63, 3.8) is 0 Å². The molecular weight excluding hydrogens is 164 g/mol. The van der Waals surface area contributed by atoms with Crippen LogP contribution in [0, 0.1) is 11.3 Å². The smallest absolute Gasteiger partial charge is 0.146 e. The summed E-state index contributed by atoms with van der Waals surface area (Å²) < 4.78 is 0. The fourth-order valence-corrected chi connectivity index (χ4v) is 2.39. The summed E-state index contributed by atoms with van der Waals surface area (Å²) in [6.07, 6.45) is 6.66. The number of carbonyl (C=O) groups excluding carboxylic acids is 2. The Morgan fingerprint density at radius 1 is 1.38 bits per heavy atom. The Morgan fingerprint density at radius 2 is 2.15 bits per heavy atom. The van der Waals surface area contributed by atoms with E-state index in [1.54, 1.807) is 0 Å². The van der Waals surface area contributed by atoms with Crippen LogP contribution in [0.15, 0.2) is 12.2 Å². The van der Waals surface area contributed by atoms with E-state index < -0.39 is 0 Å². The Kier molecular flexibility index (Phi) is 1.86. The molecule has 0 bridgehead atoms. The highest BCUT2D eigenvalue weighted by atomic mass is 16.2. The zero-order chi connectivity index (χ0) is 9.47. The standard InChI is InChI=1S/C11H14O2/c1-11-5-3-2-4-8(11)6-9(12)7-10(11)13/h2-3,8H,4-7H2,1H3/t8-,11+/m0/s1. The van der Waals surface area contributed by atoms with Crippen LogP contribution in [0.3, 0.4) is 0 Å². The van der Waals surface area contributed by atoms with E-state index in [9.17, 15) is 9.59 Å². The van der Waals surface area contributed by atoms with Gasteiger partial charge >= 0.3 is 0 Å². The molecule has 0 saturated heterocycles. The summed E-state index contributed by atoms with van der Waals surface area (Å²) >= 11 is 0. The predicted octanol–water partition coefficient (Wildman–Crippen LogP) is 1.89. The van der Waals surface area contributed by atoms with Crippen LogP contribution in [0.4, 0.5) is 0 Å². The average Bonchev–Trinajstić information content (AvgIpc) is 2.07. The summed E-state index contributed by atoms with van der Waals surface area (Å²) in [6.45, 7) is 2.01. The summed E-state index contributed by atoms with van der Waals surface area (Å²) in [5.41, 5.74) is -0.233. The highest BCUT2D eigenvalue weighted by Gasteiger charge is 2.45. The maximum Gasteiger partial charge on any atom is 0.146 e. The number of ketones is 2. The number of rotatable bonds is 0. The van der Waals surface area contributed by atoms with Gasteiger partial charge in [-0.2, -0.15) is 0 Å². The van der Waals surface area contributed by atoms with Crippen molar-refractivity contribution in [3.05, 3.63) is 12.2 Å². The largest absolute Gasteiger partial charge is 0.299 e. The molecule has 0 aromatic carbocycles. The van der Waals surface area contributed by atoms with Gasteiger partial charge in [0.1, 0.15) is 11.6 Å². The van der Waals surface area contributed by atoms with E-state index in [0.29, 0.717) is 6.42 Å². The maximum atomic E-state index is 11.7. The van der Waals surface area contributed by atoms with E-state index >= 15 is 0 Å². The molecule has 70 valence electrons. The second-order valence-corrected chi connectivity index (χ2v) is 4.37. The summed E-state index contributed by atoms with van der Waals surface area (Å²) in [4.78, 5) is 22.9. The van der Waals surface area contributed by atoms with E-state index in [2.05, 4.69) is 12.2 Å². The Morgan fingerprint density at radius 3 is 2.92 bits per heavy atom. The molecule has 1 saturated carbocycles. The van der Waals surface area contributed by atoms with Gasteiger partial charge in [-0.05, 0) is 18.8 Å². The Bertz CT molecular complexity index is 290. The molecule has 2 rings (SSSR count). The van der Waals surface area contributed by atoms with Gasteiger partial charge < -0.3 is 0 Å². The zero-order valence-electron chi connectivity index (χ0n) is 7.88. The molecule has 0 N–H and O–H groups in total. The van der Waals surface area contributed by atoms with Crippen LogP contribution in [-0.4, -0.2) is 11.6 Å². The SMILES string of the molecule is C[C@@]12CC=CC[C@H]1CC(=O)CC2=O. The number of hydrogen-bond acceptors (Lipinski definition) is 2. The molecule has 13 heavy (non-hydrogen) atoms. The lowest BCUT2D eigenvalue weighted by molar-refractivity contribution is -0.141. The maximum absolute atomic E-state index is 11.7. The predicted molar refractivity (Wildman–Crippen MR) is 49.2 cm³/mol. The minimum atomic E-state index is -0.233. The van der Waals surface area contributed by atoms with Crippen LogP contribution in [0.25, 0.3) is 0 Å².